The Morgan fingerprint density at radius 1 is 0.833 bits per heavy atom. The SMILES string of the molecule is Cc1c(Oc2ccc(CC(F)(F)CN3CCN(c4ccc5c(C6CCC(=O)NC6=O)nn(C)c5c4)CC3)cc2)cccc1-c1ccc(N2CCc3cccc(C(=O)Nc4nc5ccccc5s4)c3C2)nc1C(=O)OC(C)(C)C. The minimum absolute atomic E-state index is 0.133. The third-order valence-electron chi connectivity index (χ3n) is 14.6. The first-order valence-corrected chi connectivity index (χ1v) is 27.0. The normalized spacial score (nSPS) is 16.3. The molecule has 0 spiro atoms. The van der Waals surface area contributed by atoms with Crippen LogP contribution in [0.3, 0.4) is 0 Å². The van der Waals surface area contributed by atoms with Crippen LogP contribution in [-0.2, 0) is 40.8 Å². The van der Waals surface area contributed by atoms with Crippen molar-refractivity contribution < 1.29 is 37.4 Å². The Kier molecular flexibility index (Phi) is 14.0. The van der Waals surface area contributed by atoms with E-state index < -0.39 is 29.8 Å². The predicted octanol–water partition coefficient (Wildman–Crippen LogP) is 10.6. The lowest BCUT2D eigenvalue weighted by Crippen LogP contribution is -2.50. The highest BCUT2D eigenvalue weighted by Gasteiger charge is 2.35. The number of imide groups is 1. The minimum atomic E-state index is -2.98. The van der Waals surface area contributed by atoms with E-state index in [1.165, 1.54) is 11.3 Å². The van der Waals surface area contributed by atoms with E-state index in [4.69, 9.17) is 14.5 Å². The maximum atomic E-state index is 15.8. The third-order valence-corrected chi connectivity index (χ3v) is 15.6. The quantitative estimate of drug-likeness (QED) is 0.0831. The number of hydrogen-bond acceptors (Lipinski definition) is 13. The number of aryl methyl sites for hydroxylation is 1. The molecule has 2 N–H and O–H groups in total. The summed E-state index contributed by atoms with van der Waals surface area (Å²) in [5, 5.41) is 11.5. The van der Waals surface area contributed by atoms with Crippen LogP contribution in [0.1, 0.15) is 88.3 Å². The van der Waals surface area contributed by atoms with Gasteiger partial charge in [-0.25, -0.2) is 23.5 Å². The molecule has 18 heteroatoms. The van der Waals surface area contributed by atoms with Crippen LogP contribution in [0.25, 0.3) is 32.2 Å². The van der Waals surface area contributed by atoms with Crippen molar-refractivity contribution in [1.29, 1.82) is 0 Å². The van der Waals surface area contributed by atoms with E-state index in [9.17, 15) is 19.2 Å². The zero-order valence-corrected chi connectivity index (χ0v) is 44.9. The molecule has 8 aromatic rings. The van der Waals surface area contributed by atoms with E-state index >= 15 is 8.78 Å². The van der Waals surface area contributed by atoms with Crippen LogP contribution >= 0.6 is 11.3 Å². The number of piperidine rings is 1. The number of alkyl halides is 2. The number of halogens is 2. The number of carbonyl (C=O) groups is 4. The molecule has 3 aliphatic rings. The van der Waals surface area contributed by atoms with Gasteiger partial charge in [0.2, 0.25) is 11.8 Å². The molecule has 1 unspecified atom stereocenters. The molecule has 400 valence electrons. The smallest absolute Gasteiger partial charge is 0.358 e. The molecule has 1 atom stereocenters. The van der Waals surface area contributed by atoms with Gasteiger partial charge < -0.3 is 19.3 Å². The van der Waals surface area contributed by atoms with Crippen molar-refractivity contribution in [3.63, 3.8) is 0 Å². The number of thiazole rings is 1. The molecule has 3 amide bonds. The van der Waals surface area contributed by atoms with Gasteiger partial charge >= 0.3 is 5.97 Å². The van der Waals surface area contributed by atoms with Crippen LogP contribution in [0, 0.1) is 6.92 Å². The Morgan fingerprint density at radius 3 is 2.38 bits per heavy atom. The fraction of sp³-hybridized carbons (Fsp3) is 0.317. The fourth-order valence-corrected chi connectivity index (χ4v) is 11.6. The van der Waals surface area contributed by atoms with Crippen molar-refractivity contribution in [1.82, 2.24) is 30.0 Å². The molecule has 0 bridgehead atoms. The van der Waals surface area contributed by atoms with Crippen molar-refractivity contribution in [2.24, 2.45) is 7.05 Å². The van der Waals surface area contributed by atoms with E-state index in [-0.39, 0.29) is 36.4 Å². The van der Waals surface area contributed by atoms with Gasteiger partial charge in [0, 0.05) is 81.4 Å². The van der Waals surface area contributed by atoms with Crippen molar-refractivity contribution in [2.75, 3.05) is 54.4 Å². The molecule has 11 rings (SSSR count). The number of rotatable bonds is 13. The maximum absolute atomic E-state index is 15.8. The van der Waals surface area contributed by atoms with E-state index in [2.05, 4.69) is 30.5 Å². The Morgan fingerprint density at radius 2 is 1.62 bits per heavy atom. The van der Waals surface area contributed by atoms with Crippen molar-refractivity contribution >= 4 is 72.8 Å². The van der Waals surface area contributed by atoms with Crippen molar-refractivity contribution in [3.8, 4) is 22.6 Å². The molecule has 3 aliphatic heterocycles. The van der Waals surface area contributed by atoms with Gasteiger partial charge in [-0.1, -0.05) is 59.9 Å². The fourth-order valence-electron chi connectivity index (χ4n) is 10.8. The molecular formula is C60H59F2N9O6S. The summed E-state index contributed by atoms with van der Waals surface area (Å²) in [6.07, 6.45) is 0.912. The average Bonchev–Trinajstić information content (AvgIpc) is 4.08. The molecule has 5 aromatic carbocycles. The first-order chi connectivity index (χ1) is 37.4. The summed E-state index contributed by atoms with van der Waals surface area (Å²) in [7, 11) is 1.83. The second-order valence-corrected chi connectivity index (χ2v) is 22.3. The summed E-state index contributed by atoms with van der Waals surface area (Å²) in [4.78, 5) is 67.9. The van der Waals surface area contributed by atoms with Gasteiger partial charge in [-0.05, 0) is 135 Å². The van der Waals surface area contributed by atoms with E-state index in [0.717, 1.165) is 43.5 Å². The summed E-state index contributed by atoms with van der Waals surface area (Å²) < 4.78 is 46.6. The number of piperazine rings is 1. The minimum Gasteiger partial charge on any atom is -0.457 e. The third kappa shape index (κ3) is 11.0. The molecular weight excluding hydrogens is 1010 g/mol. The topological polar surface area (TPSA) is 164 Å². The molecule has 6 heterocycles. The number of hydrogen-bond donors (Lipinski definition) is 2. The number of nitrogens with one attached hydrogen (secondary N) is 2. The first kappa shape index (κ1) is 52.0. The number of aromatic nitrogens is 4. The van der Waals surface area contributed by atoms with Gasteiger partial charge in [-0.2, -0.15) is 5.10 Å². The summed E-state index contributed by atoms with van der Waals surface area (Å²) in [5.74, 6) is -3.37. The largest absolute Gasteiger partial charge is 0.457 e. The Hall–Kier alpha value is -8.09. The lowest BCUT2D eigenvalue weighted by Gasteiger charge is -2.37. The number of nitrogens with zero attached hydrogens (tertiary/aromatic N) is 7. The lowest BCUT2D eigenvalue weighted by molar-refractivity contribution is -0.134. The summed E-state index contributed by atoms with van der Waals surface area (Å²) >= 11 is 1.42. The van der Waals surface area contributed by atoms with Crippen LogP contribution < -0.4 is 25.2 Å². The van der Waals surface area contributed by atoms with Crippen LogP contribution in [0.4, 0.5) is 25.4 Å². The number of anilines is 3. The number of amides is 3. The van der Waals surface area contributed by atoms with E-state index in [1.807, 2.05) is 131 Å². The van der Waals surface area contributed by atoms with Gasteiger partial charge in [-0.3, -0.25) is 34.6 Å². The number of para-hydroxylation sites is 1. The number of benzene rings is 5. The molecule has 2 saturated heterocycles. The van der Waals surface area contributed by atoms with E-state index in [0.29, 0.717) is 103 Å². The van der Waals surface area contributed by atoms with Crippen molar-refractivity contribution in [2.45, 2.75) is 77.4 Å². The van der Waals surface area contributed by atoms with Gasteiger partial charge in [0.25, 0.3) is 11.8 Å². The zero-order chi connectivity index (χ0) is 54.5. The first-order valence-electron chi connectivity index (χ1n) is 26.2. The van der Waals surface area contributed by atoms with Gasteiger partial charge in [0.15, 0.2) is 10.8 Å². The molecule has 0 saturated carbocycles. The second kappa shape index (κ2) is 21.0. The Balaban J connectivity index is 0.740. The molecule has 78 heavy (non-hydrogen) atoms. The molecule has 2 fully saturated rings. The van der Waals surface area contributed by atoms with Crippen LogP contribution in [0.15, 0.2) is 115 Å². The molecule has 0 aliphatic carbocycles. The maximum Gasteiger partial charge on any atom is 0.358 e. The number of carbonyl (C=O) groups excluding carboxylic acids is 4. The number of esters is 1. The number of ether oxygens (including phenoxy) is 2. The Labute approximate surface area is 454 Å². The Bertz CT molecular complexity index is 3610. The molecule has 0 radical (unpaired) electrons. The van der Waals surface area contributed by atoms with Gasteiger partial charge in [0.05, 0.1) is 33.9 Å². The summed E-state index contributed by atoms with van der Waals surface area (Å²) in [6.45, 7) is 10.0. The van der Waals surface area contributed by atoms with E-state index in [1.54, 1.807) is 28.9 Å². The summed E-state index contributed by atoms with van der Waals surface area (Å²) in [6, 6.07) is 35.5. The summed E-state index contributed by atoms with van der Waals surface area (Å²) in [5.41, 5.74) is 7.58. The van der Waals surface area contributed by atoms with Gasteiger partial charge in [0.1, 0.15) is 22.9 Å². The standard InChI is InChI=1S/C60H59F2N9O6S/c1-36-41(42-22-24-51(64-54(42)57(75)77-59(2,3)4)71-27-26-38-10-8-12-43(46(38)34-71)55(73)66-58-63-47-13-6-7-15-50(47)78-58)11-9-14-49(36)76-40-19-16-37(17-20-40)33-60(61,62)35-69-28-30-70(31-29-69)39-18-21-44-48(32-39)68(5)67-53(44)45-23-25-52(72)65-56(45)74/h6-22,24,32,45H,23,25-31,33-35H2,1-5H3,(H,63,66,73)(H,65,72,74). The second-order valence-electron chi connectivity index (χ2n) is 21.3. The highest BCUT2D eigenvalue weighted by molar-refractivity contribution is 7.22. The van der Waals surface area contributed by atoms with Crippen LogP contribution in [0.5, 0.6) is 11.5 Å². The molecule has 15 nitrogen and oxygen atoms in total. The zero-order valence-electron chi connectivity index (χ0n) is 44.1. The highest BCUT2D eigenvalue weighted by atomic mass is 32.1. The number of pyridine rings is 1. The predicted molar refractivity (Wildman–Crippen MR) is 298 cm³/mol. The lowest BCUT2D eigenvalue weighted by atomic mass is 9.93. The monoisotopic (exact) mass is 1070 g/mol. The van der Waals surface area contributed by atoms with Crippen LogP contribution in [0.2, 0.25) is 0 Å². The highest BCUT2D eigenvalue weighted by Crippen LogP contribution is 2.38. The van der Waals surface area contributed by atoms with Crippen molar-refractivity contribution in [3.05, 3.63) is 154 Å². The molecule has 3 aromatic heterocycles. The average molecular weight is 1070 g/mol. The van der Waals surface area contributed by atoms with Crippen LogP contribution in [-0.4, -0.2) is 99.1 Å². The number of fused-ring (bicyclic) bond motifs is 3. The van der Waals surface area contributed by atoms with Gasteiger partial charge in [-0.15, -0.1) is 0 Å².